The van der Waals surface area contributed by atoms with Crippen molar-refractivity contribution in [1.82, 2.24) is 5.32 Å². The molecule has 1 N–H and O–H groups in total. The summed E-state index contributed by atoms with van der Waals surface area (Å²) in [6.45, 7) is 2.31. The predicted octanol–water partition coefficient (Wildman–Crippen LogP) is 2.93. The summed E-state index contributed by atoms with van der Waals surface area (Å²) in [5, 5.41) is 3.01. The van der Waals surface area contributed by atoms with Gasteiger partial charge in [-0.2, -0.15) is 0 Å². The first-order chi connectivity index (χ1) is 13.0. The van der Waals surface area contributed by atoms with Crippen molar-refractivity contribution in [1.29, 1.82) is 0 Å². The number of carbonyl (C=O) groups is 2. The lowest BCUT2D eigenvalue weighted by Crippen LogP contribution is -2.34. The largest absolute Gasteiger partial charge is 0.497 e. The van der Waals surface area contributed by atoms with E-state index in [0.29, 0.717) is 6.54 Å². The number of hydrogen-bond donors (Lipinski definition) is 1. The molecule has 1 aliphatic heterocycles. The Hall–Kier alpha value is -3.02. The fourth-order valence-electron chi connectivity index (χ4n) is 3.20. The topological polar surface area (TPSA) is 67.9 Å². The molecular formula is C21H24N2O4. The van der Waals surface area contributed by atoms with Gasteiger partial charge in [-0.15, -0.1) is 0 Å². The number of benzene rings is 2. The quantitative estimate of drug-likeness (QED) is 0.851. The lowest BCUT2D eigenvalue weighted by Gasteiger charge is -2.19. The number of rotatable bonds is 6. The molecule has 1 saturated heterocycles. The van der Waals surface area contributed by atoms with Gasteiger partial charge in [0.25, 0.3) is 0 Å². The molecule has 1 fully saturated rings. The molecule has 2 amide bonds. The van der Waals surface area contributed by atoms with Crippen LogP contribution in [0.1, 0.15) is 24.9 Å². The third kappa shape index (κ3) is 4.22. The third-order valence-corrected chi connectivity index (χ3v) is 4.85. The zero-order valence-electron chi connectivity index (χ0n) is 15.8. The molecular weight excluding hydrogens is 344 g/mol. The minimum Gasteiger partial charge on any atom is -0.497 e. The Morgan fingerprint density at radius 3 is 2.15 bits per heavy atom. The number of ether oxygens (including phenoxy) is 2. The molecule has 0 aliphatic carbocycles. The van der Waals surface area contributed by atoms with Gasteiger partial charge in [0.15, 0.2) is 0 Å². The fraction of sp³-hybridized carbons (Fsp3) is 0.333. The number of carbonyl (C=O) groups excluding carboxylic acids is 2. The van der Waals surface area contributed by atoms with Crippen LogP contribution < -0.4 is 19.7 Å². The third-order valence-electron chi connectivity index (χ3n) is 4.85. The second-order valence-electron chi connectivity index (χ2n) is 6.61. The number of hydrogen-bond acceptors (Lipinski definition) is 4. The summed E-state index contributed by atoms with van der Waals surface area (Å²) in [5.41, 5.74) is 1.76. The first-order valence-electron chi connectivity index (χ1n) is 8.90. The second-order valence-corrected chi connectivity index (χ2v) is 6.61. The maximum atomic E-state index is 12.6. The van der Waals surface area contributed by atoms with Gasteiger partial charge in [-0.1, -0.05) is 12.1 Å². The minimum atomic E-state index is -0.361. The van der Waals surface area contributed by atoms with Crippen LogP contribution in [-0.2, 0) is 9.59 Å². The molecule has 3 rings (SSSR count). The maximum Gasteiger partial charge on any atom is 0.227 e. The van der Waals surface area contributed by atoms with Crippen LogP contribution in [0.5, 0.6) is 11.5 Å². The van der Waals surface area contributed by atoms with Gasteiger partial charge in [0.2, 0.25) is 11.8 Å². The highest BCUT2D eigenvalue weighted by Gasteiger charge is 2.35. The second kappa shape index (κ2) is 8.12. The number of amides is 2. The van der Waals surface area contributed by atoms with Crippen molar-refractivity contribution < 1.29 is 19.1 Å². The molecule has 0 spiro atoms. The molecule has 0 unspecified atom stereocenters. The zero-order chi connectivity index (χ0) is 19.4. The average molecular weight is 368 g/mol. The molecule has 142 valence electrons. The first-order valence-corrected chi connectivity index (χ1v) is 8.90. The Bertz CT molecular complexity index is 802. The standard InChI is InChI=1S/C21H24N2O4/c1-14(15-4-8-18(26-2)9-5-15)22-21(25)16-12-20(24)23(13-16)17-6-10-19(27-3)11-7-17/h4-11,14,16H,12-13H2,1-3H3,(H,22,25)/t14-,16-/m0/s1. The van der Waals surface area contributed by atoms with Crippen molar-refractivity contribution in [3.05, 3.63) is 54.1 Å². The van der Waals surface area contributed by atoms with Crippen LogP contribution in [0.2, 0.25) is 0 Å². The van der Waals surface area contributed by atoms with Gasteiger partial charge in [-0.05, 0) is 48.9 Å². The van der Waals surface area contributed by atoms with Crippen molar-refractivity contribution in [2.24, 2.45) is 5.92 Å². The molecule has 2 aromatic carbocycles. The van der Waals surface area contributed by atoms with E-state index in [0.717, 1.165) is 22.7 Å². The Balaban J connectivity index is 1.62. The molecule has 2 atom stereocenters. The molecule has 0 bridgehead atoms. The highest BCUT2D eigenvalue weighted by molar-refractivity contribution is 6.00. The van der Waals surface area contributed by atoms with Crippen LogP contribution in [-0.4, -0.2) is 32.6 Å². The SMILES string of the molecule is COc1ccc([C@H](C)NC(=O)[C@H]2CC(=O)N(c3ccc(OC)cc3)C2)cc1. The van der Waals surface area contributed by atoms with Gasteiger partial charge in [0.05, 0.1) is 26.2 Å². The van der Waals surface area contributed by atoms with E-state index in [9.17, 15) is 9.59 Å². The van der Waals surface area contributed by atoms with E-state index >= 15 is 0 Å². The van der Waals surface area contributed by atoms with E-state index in [1.165, 1.54) is 0 Å². The van der Waals surface area contributed by atoms with E-state index in [2.05, 4.69) is 5.32 Å². The minimum absolute atomic E-state index is 0.0441. The number of methoxy groups -OCH3 is 2. The molecule has 1 aliphatic rings. The summed E-state index contributed by atoms with van der Waals surface area (Å²) < 4.78 is 10.3. The summed E-state index contributed by atoms with van der Waals surface area (Å²) in [7, 11) is 3.21. The summed E-state index contributed by atoms with van der Waals surface area (Å²) in [6.07, 6.45) is 0.215. The summed E-state index contributed by atoms with van der Waals surface area (Å²) in [6, 6.07) is 14.7. The fourth-order valence-corrected chi connectivity index (χ4v) is 3.20. The number of nitrogens with zero attached hydrogens (tertiary/aromatic N) is 1. The molecule has 27 heavy (non-hydrogen) atoms. The Morgan fingerprint density at radius 1 is 1.04 bits per heavy atom. The van der Waals surface area contributed by atoms with Gasteiger partial charge in [0, 0.05) is 18.7 Å². The van der Waals surface area contributed by atoms with Crippen LogP contribution in [0.3, 0.4) is 0 Å². The molecule has 0 saturated carbocycles. The summed E-state index contributed by atoms with van der Waals surface area (Å²) >= 11 is 0. The van der Waals surface area contributed by atoms with E-state index in [4.69, 9.17) is 9.47 Å². The van der Waals surface area contributed by atoms with Gasteiger partial charge in [-0.3, -0.25) is 9.59 Å². The molecule has 6 nitrogen and oxygen atoms in total. The van der Waals surface area contributed by atoms with Gasteiger partial charge in [-0.25, -0.2) is 0 Å². The van der Waals surface area contributed by atoms with Gasteiger partial charge < -0.3 is 19.7 Å². The smallest absolute Gasteiger partial charge is 0.227 e. The number of nitrogens with one attached hydrogen (secondary N) is 1. The molecule has 0 aromatic heterocycles. The molecule has 6 heteroatoms. The Labute approximate surface area is 159 Å². The zero-order valence-corrected chi connectivity index (χ0v) is 15.8. The average Bonchev–Trinajstić information content (AvgIpc) is 3.10. The molecule has 0 radical (unpaired) electrons. The predicted molar refractivity (Wildman–Crippen MR) is 103 cm³/mol. The van der Waals surface area contributed by atoms with Crippen molar-refractivity contribution in [2.45, 2.75) is 19.4 Å². The first kappa shape index (κ1) is 18.8. The highest BCUT2D eigenvalue weighted by Crippen LogP contribution is 2.27. The Kier molecular flexibility index (Phi) is 5.64. The number of anilines is 1. The summed E-state index contributed by atoms with van der Waals surface area (Å²) in [4.78, 5) is 26.7. The lowest BCUT2D eigenvalue weighted by atomic mass is 10.0. The van der Waals surface area contributed by atoms with Crippen molar-refractivity contribution in [3.8, 4) is 11.5 Å². The lowest BCUT2D eigenvalue weighted by molar-refractivity contribution is -0.126. The van der Waals surface area contributed by atoms with Crippen molar-refractivity contribution in [3.63, 3.8) is 0 Å². The normalized spacial score (nSPS) is 17.5. The van der Waals surface area contributed by atoms with Gasteiger partial charge >= 0.3 is 0 Å². The summed E-state index contributed by atoms with van der Waals surface area (Å²) in [5.74, 6) is 0.988. The van der Waals surface area contributed by atoms with Crippen LogP contribution in [0, 0.1) is 5.92 Å². The molecule has 1 heterocycles. The van der Waals surface area contributed by atoms with Crippen LogP contribution >= 0.6 is 0 Å². The van der Waals surface area contributed by atoms with E-state index in [1.807, 2.05) is 55.5 Å². The molecule has 2 aromatic rings. The Morgan fingerprint density at radius 2 is 1.59 bits per heavy atom. The van der Waals surface area contributed by atoms with Crippen LogP contribution in [0.15, 0.2) is 48.5 Å². The van der Waals surface area contributed by atoms with E-state index in [1.54, 1.807) is 19.1 Å². The maximum absolute atomic E-state index is 12.6. The van der Waals surface area contributed by atoms with Gasteiger partial charge in [0.1, 0.15) is 11.5 Å². The van der Waals surface area contributed by atoms with Crippen molar-refractivity contribution in [2.75, 3.05) is 25.7 Å². The van der Waals surface area contributed by atoms with Crippen molar-refractivity contribution >= 4 is 17.5 Å². The monoisotopic (exact) mass is 368 g/mol. The van der Waals surface area contributed by atoms with Crippen LogP contribution in [0.4, 0.5) is 5.69 Å². The van der Waals surface area contributed by atoms with E-state index < -0.39 is 0 Å². The van der Waals surface area contributed by atoms with E-state index in [-0.39, 0.29) is 30.2 Å². The highest BCUT2D eigenvalue weighted by atomic mass is 16.5. The van der Waals surface area contributed by atoms with Crippen LogP contribution in [0.25, 0.3) is 0 Å².